The zero-order valence-electron chi connectivity index (χ0n) is 3.16. The first-order valence-corrected chi connectivity index (χ1v) is 10.7. The van der Waals surface area contributed by atoms with Gasteiger partial charge < -0.3 is 5.11 Å². The summed E-state index contributed by atoms with van der Waals surface area (Å²) in [6.45, 7) is 0. The van der Waals surface area contributed by atoms with Gasteiger partial charge in [-0.2, -0.15) is 0 Å². The van der Waals surface area contributed by atoms with E-state index in [9.17, 15) is 0 Å². The second kappa shape index (κ2) is 9.69. The van der Waals surface area contributed by atoms with Crippen LogP contribution in [0.1, 0.15) is 0 Å². The second-order valence-electron chi connectivity index (χ2n) is 0.247. The standard InChI is InChI=1S/CH4O.3ClH.Ga/c1-2;;;;/h2H,1H3;3*1H;/q;;;;+3/p-3. The molecule has 1 N–H and O–H groups in total. The van der Waals surface area contributed by atoms with E-state index < -0.39 is 13.2 Å². The van der Waals surface area contributed by atoms with Crippen molar-refractivity contribution in [3.8, 4) is 0 Å². The number of halogens is 3. The molecule has 0 fully saturated rings. The number of aliphatic hydroxyl groups excluding tert-OH is 1. The first kappa shape index (κ1) is 10.4. The van der Waals surface area contributed by atoms with Crippen molar-refractivity contribution in [2.24, 2.45) is 0 Å². The van der Waals surface area contributed by atoms with E-state index in [4.69, 9.17) is 34.0 Å². The van der Waals surface area contributed by atoms with E-state index in [0.717, 1.165) is 7.11 Å². The molecule has 0 aliphatic heterocycles. The summed E-state index contributed by atoms with van der Waals surface area (Å²) in [5.74, 6) is 0. The Kier molecular flexibility index (Phi) is 16.9. The van der Waals surface area contributed by atoms with Gasteiger partial charge in [-0.3, -0.25) is 0 Å². The summed E-state index contributed by atoms with van der Waals surface area (Å²) in [6.07, 6.45) is 0. The fraction of sp³-hybridized carbons (Fsp3) is 1.00. The predicted molar refractivity (Wildman–Crippen MR) is 31.5 cm³/mol. The molecular weight excluding hydrogens is 204 g/mol. The Morgan fingerprint density at radius 1 is 1.17 bits per heavy atom. The Morgan fingerprint density at radius 3 is 1.17 bits per heavy atom. The number of hydrogen-bond donors (Lipinski definition) is 1. The number of hydrogen-bond acceptors (Lipinski definition) is 1. The Bertz CT molecular complexity index is 15.5. The summed E-state index contributed by atoms with van der Waals surface area (Å²) in [7, 11) is 16.0. The number of aliphatic hydroxyl groups is 1. The third kappa shape index (κ3) is 50.7. The molecule has 0 amide bonds. The van der Waals surface area contributed by atoms with Gasteiger partial charge >= 0.3 is 42.1 Å². The molecule has 0 rings (SSSR count). The molecule has 0 aliphatic carbocycles. The third-order valence-corrected chi connectivity index (χ3v) is 0. The van der Waals surface area contributed by atoms with Gasteiger partial charge in [-0.05, 0) is 0 Å². The van der Waals surface area contributed by atoms with Crippen molar-refractivity contribution in [2.75, 3.05) is 7.11 Å². The van der Waals surface area contributed by atoms with Crippen molar-refractivity contribution in [3.05, 3.63) is 0 Å². The maximum absolute atomic E-state index is 7.00. The molecule has 0 spiro atoms. The molecule has 38 valence electrons. The Labute approximate surface area is 54.3 Å². The summed E-state index contributed by atoms with van der Waals surface area (Å²) in [5, 5.41) is 7.00. The van der Waals surface area contributed by atoms with Crippen molar-refractivity contribution in [1.82, 2.24) is 0 Å². The van der Waals surface area contributed by atoms with Crippen LogP contribution in [0.3, 0.4) is 0 Å². The quantitative estimate of drug-likeness (QED) is 0.595. The Balaban J connectivity index is 0. The van der Waals surface area contributed by atoms with Crippen molar-refractivity contribution in [3.63, 3.8) is 0 Å². The van der Waals surface area contributed by atoms with Crippen LogP contribution in [0, 0.1) is 0 Å². The molecule has 0 heterocycles. The molecule has 0 bridgehead atoms. The molecule has 0 saturated heterocycles. The van der Waals surface area contributed by atoms with Crippen LogP contribution in [-0.2, 0) is 0 Å². The van der Waals surface area contributed by atoms with Crippen LogP contribution >= 0.6 is 28.9 Å². The molecule has 0 saturated carbocycles. The molecule has 0 radical (unpaired) electrons. The molecule has 0 aromatic rings. The minimum atomic E-state index is -2.06. The van der Waals surface area contributed by atoms with E-state index in [1.165, 1.54) is 0 Å². The van der Waals surface area contributed by atoms with Crippen LogP contribution in [0.5, 0.6) is 0 Å². The van der Waals surface area contributed by atoms with Crippen molar-refractivity contribution < 1.29 is 5.11 Å². The van der Waals surface area contributed by atoms with Gasteiger partial charge in [0.1, 0.15) is 0 Å². The van der Waals surface area contributed by atoms with Gasteiger partial charge in [-0.1, -0.05) is 0 Å². The fourth-order valence-electron chi connectivity index (χ4n) is 0. The van der Waals surface area contributed by atoms with E-state index in [1.807, 2.05) is 0 Å². The SMILES string of the molecule is CO.[Cl][Ga]([Cl])[Cl]. The molecule has 0 unspecified atom stereocenters. The average Bonchev–Trinajstić information content (AvgIpc) is 1.41. The van der Waals surface area contributed by atoms with E-state index in [2.05, 4.69) is 0 Å². The summed E-state index contributed by atoms with van der Waals surface area (Å²) in [6, 6.07) is 0. The molecule has 0 aromatic carbocycles. The maximum atomic E-state index is 7.00. The van der Waals surface area contributed by atoms with Crippen molar-refractivity contribution in [2.45, 2.75) is 0 Å². The molecular formula is CH4Cl3GaO. The molecule has 1 nitrogen and oxygen atoms in total. The van der Waals surface area contributed by atoms with E-state index >= 15 is 0 Å². The van der Waals surface area contributed by atoms with Crippen molar-refractivity contribution >= 4 is 42.1 Å². The van der Waals surface area contributed by atoms with Gasteiger partial charge in [0.15, 0.2) is 0 Å². The molecule has 0 aromatic heterocycles. The van der Waals surface area contributed by atoms with Gasteiger partial charge in [0.05, 0.1) is 0 Å². The van der Waals surface area contributed by atoms with Gasteiger partial charge in [0.25, 0.3) is 0 Å². The van der Waals surface area contributed by atoms with Gasteiger partial charge in [0.2, 0.25) is 0 Å². The van der Waals surface area contributed by atoms with Crippen LogP contribution in [0.4, 0.5) is 0 Å². The average molecular weight is 208 g/mol. The first-order chi connectivity index (χ1) is 2.73. The van der Waals surface area contributed by atoms with Gasteiger partial charge in [0, 0.05) is 7.11 Å². The zero-order chi connectivity index (χ0) is 5.58. The first-order valence-electron chi connectivity index (χ1n) is 1.10. The van der Waals surface area contributed by atoms with Crippen molar-refractivity contribution in [1.29, 1.82) is 0 Å². The van der Waals surface area contributed by atoms with Crippen LogP contribution in [0.25, 0.3) is 0 Å². The Hall–Kier alpha value is 1.47. The zero-order valence-corrected chi connectivity index (χ0v) is 7.85. The van der Waals surface area contributed by atoms with E-state index in [1.54, 1.807) is 0 Å². The molecule has 0 atom stereocenters. The predicted octanol–water partition coefficient (Wildman–Crippen LogP) is 1.30. The molecule has 6 heavy (non-hydrogen) atoms. The summed E-state index contributed by atoms with van der Waals surface area (Å²) in [4.78, 5) is 0. The summed E-state index contributed by atoms with van der Waals surface area (Å²) >= 11 is -2.06. The second-order valence-corrected chi connectivity index (χ2v) is 11.6. The molecule has 5 heteroatoms. The summed E-state index contributed by atoms with van der Waals surface area (Å²) < 4.78 is 0. The monoisotopic (exact) mass is 206 g/mol. The van der Waals surface area contributed by atoms with Crippen LogP contribution in [0.2, 0.25) is 0 Å². The summed E-state index contributed by atoms with van der Waals surface area (Å²) in [5.41, 5.74) is 0. The number of rotatable bonds is 0. The topological polar surface area (TPSA) is 20.2 Å². The van der Waals surface area contributed by atoms with Crippen LogP contribution in [-0.4, -0.2) is 25.4 Å². The third-order valence-electron chi connectivity index (χ3n) is 0. The fourth-order valence-corrected chi connectivity index (χ4v) is 0. The molecule has 0 aliphatic rings. The van der Waals surface area contributed by atoms with E-state index in [0.29, 0.717) is 0 Å². The van der Waals surface area contributed by atoms with E-state index in [-0.39, 0.29) is 0 Å². The van der Waals surface area contributed by atoms with Crippen LogP contribution < -0.4 is 0 Å². The minimum absolute atomic E-state index is 1.00. The van der Waals surface area contributed by atoms with Gasteiger partial charge in [-0.25, -0.2) is 0 Å². The Morgan fingerprint density at radius 2 is 1.17 bits per heavy atom. The van der Waals surface area contributed by atoms with Crippen LogP contribution in [0.15, 0.2) is 0 Å². The van der Waals surface area contributed by atoms with Gasteiger partial charge in [-0.15, -0.1) is 0 Å². The normalized spacial score (nSPS) is 5.50.